The zero-order valence-electron chi connectivity index (χ0n) is 34.9. The first-order valence-electron chi connectivity index (χ1n) is 21.0. The molecular weight excluding hydrogens is 763 g/mol. The monoisotopic (exact) mass is 813 g/mol. The van der Waals surface area contributed by atoms with E-state index in [9.17, 15) is 9.59 Å². The lowest BCUT2D eigenvalue weighted by Crippen LogP contribution is -2.25. The van der Waals surface area contributed by atoms with Crippen LogP contribution in [-0.2, 0) is 19.4 Å². The zero-order chi connectivity index (χ0) is 42.1. The largest absolute Gasteiger partial charge is 0.494 e. The molecule has 310 valence electrons. The summed E-state index contributed by atoms with van der Waals surface area (Å²) in [5.74, 6) is 1.49. The zero-order valence-corrected chi connectivity index (χ0v) is 34.9. The molecule has 0 atom stereocenters. The maximum atomic E-state index is 12.9. The van der Waals surface area contributed by atoms with E-state index in [1.165, 1.54) is 5.56 Å². The number of aromatic nitrogens is 5. The molecule has 3 N–H and O–H groups in total. The van der Waals surface area contributed by atoms with Crippen LogP contribution in [-0.4, -0.2) is 87.7 Å². The second-order valence-corrected chi connectivity index (χ2v) is 15.8. The van der Waals surface area contributed by atoms with E-state index in [-0.39, 0.29) is 11.8 Å². The summed E-state index contributed by atoms with van der Waals surface area (Å²) in [6.07, 6.45) is 5.85. The molecule has 2 aromatic heterocycles. The number of aromatic amines is 1. The normalized spacial score (nSPS) is 12.1. The molecule has 0 spiro atoms. The van der Waals surface area contributed by atoms with Crippen molar-refractivity contribution in [3.8, 4) is 28.3 Å². The number of fused-ring (bicyclic) bond motifs is 2. The van der Waals surface area contributed by atoms with E-state index in [0.29, 0.717) is 37.4 Å². The van der Waals surface area contributed by atoms with Crippen LogP contribution < -0.4 is 15.4 Å². The Morgan fingerprint density at radius 1 is 0.770 bits per heavy atom. The SMILES string of the molecule is Cc1ccc(C(=O)NCCCc2cn(CCCNC(=O)c3ccc(C4=Nc5cc(-c6ccc7nc(-c8ccc(OCCCN(C)C)cc8)[nH]c7c6)ccc5C4)cc3)nn2)cc1. The molecule has 0 bridgehead atoms. The number of amides is 2. The van der Waals surface area contributed by atoms with E-state index in [0.717, 1.165) is 106 Å². The predicted octanol–water partition coefficient (Wildman–Crippen LogP) is 7.99. The summed E-state index contributed by atoms with van der Waals surface area (Å²) in [6.45, 7) is 5.40. The molecule has 0 saturated heterocycles. The summed E-state index contributed by atoms with van der Waals surface area (Å²) >= 11 is 0. The molecule has 0 saturated carbocycles. The quantitative estimate of drug-likeness (QED) is 0.0746. The summed E-state index contributed by atoms with van der Waals surface area (Å²) in [4.78, 5) is 40.8. The molecule has 8 rings (SSSR count). The van der Waals surface area contributed by atoms with Crippen LogP contribution in [0.1, 0.15) is 62.4 Å². The van der Waals surface area contributed by atoms with E-state index in [4.69, 9.17) is 14.7 Å². The number of benzene rings is 5. The number of aryl methyl sites for hydroxylation is 3. The predicted molar refractivity (Wildman–Crippen MR) is 241 cm³/mol. The number of nitrogens with zero attached hydrogens (tertiary/aromatic N) is 6. The van der Waals surface area contributed by atoms with Crippen molar-refractivity contribution in [3.63, 3.8) is 0 Å². The van der Waals surface area contributed by atoms with E-state index < -0.39 is 0 Å². The Kier molecular flexibility index (Phi) is 12.7. The second-order valence-electron chi connectivity index (χ2n) is 15.8. The molecule has 61 heavy (non-hydrogen) atoms. The molecule has 1 aliphatic rings. The van der Waals surface area contributed by atoms with Gasteiger partial charge < -0.3 is 25.3 Å². The van der Waals surface area contributed by atoms with Crippen LogP contribution in [0.25, 0.3) is 33.5 Å². The smallest absolute Gasteiger partial charge is 0.251 e. The van der Waals surface area contributed by atoms with Gasteiger partial charge in [0, 0.05) is 55.5 Å². The Hall–Kier alpha value is -6.92. The number of aliphatic imine (C=N–C) groups is 1. The molecule has 7 aromatic rings. The standard InChI is InChI=1S/C49H51N9O3/c1-33-8-10-36(11-9-33)48(59)50-24-4-7-41-32-58(56-55-41)27-5-25-51-49(60)37-14-12-34(13-15-37)44-31-40-17-16-38(29-45(40)52-44)39-20-23-43-46(30-39)54-47(53-43)35-18-21-42(22-19-35)61-28-6-26-57(2)3/h8-23,29-30,32H,4-7,24-28,31H2,1-3H3,(H,50,59)(H,51,60)(H,53,54). The van der Waals surface area contributed by atoms with Crippen molar-refractivity contribution >= 4 is 34.2 Å². The molecule has 2 amide bonds. The summed E-state index contributed by atoms with van der Waals surface area (Å²) in [5.41, 5.74) is 12.5. The molecule has 0 unspecified atom stereocenters. The first-order valence-corrected chi connectivity index (χ1v) is 21.0. The maximum Gasteiger partial charge on any atom is 0.251 e. The number of carbonyl (C=O) groups is 2. The van der Waals surface area contributed by atoms with E-state index >= 15 is 0 Å². The summed E-state index contributed by atoms with van der Waals surface area (Å²) in [7, 11) is 4.14. The Balaban J connectivity index is 0.792. The van der Waals surface area contributed by atoms with Crippen LogP contribution in [0.5, 0.6) is 5.75 Å². The summed E-state index contributed by atoms with van der Waals surface area (Å²) in [6, 6.07) is 36.0. The van der Waals surface area contributed by atoms with Gasteiger partial charge in [0.1, 0.15) is 11.6 Å². The lowest BCUT2D eigenvalue weighted by atomic mass is 9.99. The molecule has 12 nitrogen and oxygen atoms in total. The van der Waals surface area contributed by atoms with Gasteiger partial charge in [-0.05, 0) is 136 Å². The summed E-state index contributed by atoms with van der Waals surface area (Å²) in [5, 5.41) is 14.5. The Morgan fingerprint density at radius 2 is 1.44 bits per heavy atom. The van der Waals surface area contributed by atoms with Crippen LogP contribution in [0.2, 0.25) is 0 Å². The minimum absolute atomic E-state index is 0.0717. The molecule has 0 aliphatic carbocycles. The number of nitrogens with one attached hydrogen (secondary N) is 3. The van der Waals surface area contributed by atoms with Crippen molar-refractivity contribution in [3.05, 3.63) is 149 Å². The second kappa shape index (κ2) is 19.0. The number of H-pyrrole nitrogens is 1. The number of rotatable bonds is 18. The number of ether oxygens (including phenoxy) is 1. The van der Waals surface area contributed by atoms with Crippen LogP contribution >= 0.6 is 0 Å². The van der Waals surface area contributed by atoms with E-state index in [1.807, 2.05) is 85.9 Å². The average molecular weight is 814 g/mol. The van der Waals surface area contributed by atoms with Gasteiger partial charge in [0.15, 0.2) is 0 Å². The first kappa shape index (κ1) is 40.8. The van der Waals surface area contributed by atoms with Crippen LogP contribution in [0.3, 0.4) is 0 Å². The number of carbonyl (C=O) groups excluding carboxylic acids is 2. The van der Waals surface area contributed by atoms with Gasteiger partial charge in [-0.3, -0.25) is 19.3 Å². The maximum absolute atomic E-state index is 12.9. The number of imidazole rings is 1. The summed E-state index contributed by atoms with van der Waals surface area (Å²) < 4.78 is 7.70. The Bertz CT molecular complexity index is 2640. The van der Waals surface area contributed by atoms with Crippen molar-refractivity contribution in [2.45, 2.75) is 45.6 Å². The molecule has 5 aromatic carbocycles. The third-order valence-corrected chi connectivity index (χ3v) is 10.8. The van der Waals surface area contributed by atoms with Crippen molar-refractivity contribution < 1.29 is 14.3 Å². The van der Waals surface area contributed by atoms with Gasteiger partial charge in [-0.2, -0.15) is 0 Å². The van der Waals surface area contributed by atoms with Crippen molar-refractivity contribution in [1.82, 2.24) is 40.5 Å². The highest BCUT2D eigenvalue weighted by atomic mass is 16.5. The fourth-order valence-electron chi connectivity index (χ4n) is 7.33. The lowest BCUT2D eigenvalue weighted by molar-refractivity contribution is 0.0944. The van der Waals surface area contributed by atoms with Crippen LogP contribution in [0.15, 0.2) is 120 Å². The van der Waals surface area contributed by atoms with Gasteiger partial charge in [-0.15, -0.1) is 5.10 Å². The minimum Gasteiger partial charge on any atom is -0.494 e. The van der Waals surface area contributed by atoms with Crippen molar-refractivity contribution in [1.29, 1.82) is 0 Å². The number of hydrogen-bond donors (Lipinski definition) is 3. The van der Waals surface area contributed by atoms with Gasteiger partial charge in [0.2, 0.25) is 0 Å². The molecule has 0 radical (unpaired) electrons. The highest BCUT2D eigenvalue weighted by molar-refractivity contribution is 6.07. The molecule has 12 heteroatoms. The van der Waals surface area contributed by atoms with Gasteiger partial charge in [-0.1, -0.05) is 53.2 Å². The highest BCUT2D eigenvalue weighted by Crippen LogP contribution is 2.35. The fraction of sp³-hybridized carbons (Fsp3) is 0.265. The van der Waals surface area contributed by atoms with Gasteiger partial charge in [0.25, 0.3) is 11.8 Å². The lowest BCUT2D eigenvalue weighted by Gasteiger charge is -2.10. The third kappa shape index (κ3) is 10.5. The van der Waals surface area contributed by atoms with Gasteiger partial charge in [-0.25, -0.2) is 4.98 Å². The van der Waals surface area contributed by atoms with Crippen LogP contribution in [0, 0.1) is 6.92 Å². The molecule has 0 fully saturated rings. The van der Waals surface area contributed by atoms with Gasteiger partial charge >= 0.3 is 0 Å². The highest BCUT2D eigenvalue weighted by Gasteiger charge is 2.18. The van der Waals surface area contributed by atoms with E-state index in [2.05, 4.69) is 81.3 Å². The average Bonchev–Trinajstić information content (AvgIpc) is 4.04. The fourth-order valence-corrected chi connectivity index (χ4v) is 7.33. The Labute approximate surface area is 356 Å². The first-order chi connectivity index (χ1) is 29.7. The number of hydrogen-bond acceptors (Lipinski definition) is 8. The van der Waals surface area contributed by atoms with E-state index in [1.54, 1.807) is 4.68 Å². The van der Waals surface area contributed by atoms with Gasteiger partial charge in [0.05, 0.1) is 34.7 Å². The third-order valence-electron chi connectivity index (χ3n) is 10.8. The molecular formula is C49H51N9O3. The Morgan fingerprint density at radius 3 is 2.20 bits per heavy atom. The molecule has 1 aliphatic heterocycles. The minimum atomic E-state index is -0.115. The van der Waals surface area contributed by atoms with Crippen molar-refractivity contribution in [2.24, 2.45) is 4.99 Å². The molecule has 3 heterocycles. The topological polar surface area (TPSA) is 142 Å². The van der Waals surface area contributed by atoms with Crippen molar-refractivity contribution in [2.75, 3.05) is 40.3 Å². The van der Waals surface area contributed by atoms with Crippen LogP contribution in [0.4, 0.5) is 5.69 Å².